The lowest BCUT2D eigenvalue weighted by molar-refractivity contribution is -0.154. The van der Waals surface area contributed by atoms with E-state index in [0.717, 1.165) is 6.07 Å². The SMILES string of the molecule is CC(=O)Nc1cc(C(=O)NCc2cc(F)c(OCC(F)(F)F)nc2C)ccn1. The van der Waals surface area contributed by atoms with Crippen LogP contribution in [0.25, 0.3) is 0 Å². The first-order valence-corrected chi connectivity index (χ1v) is 7.92. The van der Waals surface area contributed by atoms with E-state index in [0.29, 0.717) is 0 Å². The second-order valence-electron chi connectivity index (χ2n) is 5.72. The van der Waals surface area contributed by atoms with Crippen molar-refractivity contribution in [3.63, 3.8) is 0 Å². The van der Waals surface area contributed by atoms with E-state index in [4.69, 9.17) is 0 Å². The zero-order valence-corrected chi connectivity index (χ0v) is 14.9. The van der Waals surface area contributed by atoms with Gasteiger partial charge < -0.3 is 15.4 Å². The van der Waals surface area contributed by atoms with Crippen LogP contribution in [-0.4, -0.2) is 34.6 Å². The van der Waals surface area contributed by atoms with Crippen molar-refractivity contribution in [1.29, 1.82) is 0 Å². The predicted octanol–water partition coefficient (Wildman–Crippen LogP) is 2.75. The number of rotatable bonds is 6. The van der Waals surface area contributed by atoms with Gasteiger partial charge in [-0.3, -0.25) is 9.59 Å². The molecule has 2 rings (SSSR count). The molecule has 0 saturated carbocycles. The molecule has 0 radical (unpaired) electrons. The lowest BCUT2D eigenvalue weighted by Gasteiger charge is -2.12. The third-order valence-electron chi connectivity index (χ3n) is 3.38. The Bertz CT molecular complexity index is 887. The highest BCUT2D eigenvalue weighted by Crippen LogP contribution is 2.21. The maximum Gasteiger partial charge on any atom is 0.422 e. The molecule has 28 heavy (non-hydrogen) atoms. The maximum absolute atomic E-state index is 13.9. The Hall–Kier alpha value is -3.24. The Morgan fingerprint density at radius 2 is 1.96 bits per heavy atom. The monoisotopic (exact) mass is 400 g/mol. The van der Waals surface area contributed by atoms with Gasteiger partial charge in [0.05, 0.1) is 0 Å². The number of amides is 2. The minimum absolute atomic E-state index is 0.119. The van der Waals surface area contributed by atoms with Gasteiger partial charge in [0.15, 0.2) is 12.4 Å². The van der Waals surface area contributed by atoms with Crippen molar-refractivity contribution in [3.05, 3.63) is 47.0 Å². The number of hydrogen-bond acceptors (Lipinski definition) is 5. The molecular formula is C17H16F4N4O3. The third kappa shape index (κ3) is 6.18. The molecule has 2 amide bonds. The molecule has 2 N–H and O–H groups in total. The number of aromatic nitrogens is 2. The summed E-state index contributed by atoms with van der Waals surface area (Å²) < 4.78 is 54.8. The Morgan fingerprint density at radius 1 is 1.25 bits per heavy atom. The number of anilines is 1. The van der Waals surface area contributed by atoms with Crippen molar-refractivity contribution in [3.8, 4) is 5.88 Å². The summed E-state index contributed by atoms with van der Waals surface area (Å²) in [6.45, 7) is 0.959. The van der Waals surface area contributed by atoms with Gasteiger partial charge in [0.1, 0.15) is 5.82 Å². The second kappa shape index (κ2) is 8.63. The van der Waals surface area contributed by atoms with Crippen molar-refractivity contribution in [2.75, 3.05) is 11.9 Å². The van der Waals surface area contributed by atoms with Crippen molar-refractivity contribution < 1.29 is 31.9 Å². The van der Waals surface area contributed by atoms with Gasteiger partial charge in [0.25, 0.3) is 11.8 Å². The van der Waals surface area contributed by atoms with Crippen LogP contribution in [0.2, 0.25) is 0 Å². The quantitative estimate of drug-likeness (QED) is 0.728. The first-order valence-electron chi connectivity index (χ1n) is 7.92. The van der Waals surface area contributed by atoms with E-state index in [2.05, 4.69) is 25.3 Å². The van der Waals surface area contributed by atoms with E-state index in [1.807, 2.05) is 0 Å². The molecule has 11 heteroatoms. The lowest BCUT2D eigenvalue weighted by atomic mass is 10.2. The summed E-state index contributed by atoms with van der Waals surface area (Å²) in [6, 6.07) is 3.72. The molecule has 0 spiro atoms. The van der Waals surface area contributed by atoms with Gasteiger partial charge in [-0.15, -0.1) is 0 Å². The molecule has 0 aliphatic heterocycles. The highest BCUT2D eigenvalue weighted by atomic mass is 19.4. The van der Waals surface area contributed by atoms with Gasteiger partial charge in [-0.2, -0.15) is 13.2 Å². The Kier molecular flexibility index (Phi) is 6.49. The predicted molar refractivity (Wildman–Crippen MR) is 90.2 cm³/mol. The molecule has 0 saturated heterocycles. The normalized spacial score (nSPS) is 11.1. The van der Waals surface area contributed by atoms with Gasteiger partial charge in [-0.1, -0.05) is 0 Å². The number of hydrogen-bond donors (Lipinski definition) is 2. The van der Waals surface area contributed by atoms with Crippen LogP contribution in [-0.2, 0) is 11.3 Å². The summed E-state index contributed by atoms with van der Waals surface area (Å²) >= 11 is 0. The zero-order chi connectivity index (χ0) is 20.9. The molecule has 2 heterocycles. The second-order valence-corrected chi connectivity index (χ2v) is 5.72. The van der Waals surface area contributed by atoms with Crippen molar-refractivity contribution in [1.82, 2.24) is 15.3 Å². The zero-order valence-electron chi connectivity index (χ0n) is 14.9. The standard InChI is InChI=1S/C17H16F4N4O3/c1-9-12(5-13(18)16(24-9)28-8-17(19,20)21)7-23-15(27)11-3-4-22-14(6-11)25-10(2)26/h3-6H,7-8H2,1-2H3,(H,23,27)(H,22,25,26). The van der Waals surface area contributed by atoms with E-state index < -0.39 is 30.4 Å². The van der Waals surface area contributed by atoms with E-state index in [9.17, 15) is 27.2 Å². The molecular weight excluding hydrogens is 384 g/mol. The Balaban J connectivity index is 2.05. The summed E-state index contributed by atoms with van der Waals surface area (Å²) in [5, 5.41) is 4.97. The fourth-order valence-corrected chi connectivity index (χ4v) is 2.13. The first kappa shape index (κ1) is 21.1. The number of pyridine rings is 2. The van der Waals surface area contributed by atoms with Gasteiger partial charge in [0, 0.05) is 30.9 Å². The maximum atomic E-state index is 13.9. The smallest absolute Gasteiger partial charge is 0.422 e. The lowest BCUT2D eigenvalue weighted by Crippen LogP contribution is -2.24. The van der Waals surface area contributed by atoms with Crippen molar-refractivity contribution in [2.45, 2.75) is 26.6 Å². The van der Waals surface area contributed by atoms with E-state index in [1.54, 1.807) is 0 Å². The molecule has 2 aromatic rings. The molecule has 0 fully saturated rings. The average molecular weight is 400 g/mol. The number of ether oxygens (including phenoxy) is 1. The van der Waals surface area contributed by atoms with Crippen LogP contribution in [0.15, 0.2) is 24.4 Å². The van der Waals surface area contributed by atoms with Crippen LogP contribution >= 0.6 is 0 Å². The first-order chi connectivity index (χ1) is 13.0. The summed E-state index contributed by atoms with van der Waals surface area (Å²) in [7, 11) is 0. The minimum Gasteiger partial charge on any atom is -0.466 e. The van der Waals surface area contributed by atoms with Crippen LogP contribution in [0.1, 0.15) is 28.5 Å². The van der Waals surface area contributed by atoms with Gasteiger partial charge in [-0.05, 0) is 30.7 Å². The number of nitrogens with zero attached hydrogens (tertiary/aromatic N) is 2. The number of carbonyl (C=O) groups is 2. The molecule has 2 aromatic heterocycles. The van der Waals surface area contributed by atoms with Crippen molar-refractivity contribution in [2.24, 2.45) is 0 Å². The molecule has 7 nitrogen and oxygen atoms in total. The number of halogens is 4. The number of carbonyl (C=O) groups excluding carboxylic acids is 2. The molecule has 0 aliphatic rings. The van der Waals surface area contributed by atoms with Crippen LogP contribution in [0.5, 0.6) is 5.88 Å². The minimum atomic E-state index is -4.62. The molecule has 0 aromatic carbocycles. The highest BCUT2D eigenvalue weighted by Gasteiger charge is 2.29. The van der Waals surface area contributed by atoms with Crippen LogP contribution in [0, 0.1) is 12.7 Å². The van der Waals surface area contributed by atoms with Gasteiger partial charge >= 0.3 is 6.18 Å². The van der Waals surface area contributed by atoms with Crippen LogP contribution < -0.4 is 15.4 Å². The third-order valence-corrected chi connectivity index (χ3v) is 3.38. The van der Waals surface area contributed by atoms with Crippen LogP contribution in [0.3, 0.4) is 0 Å². The Labute approximate surface area is 157 Å². The molecule has 0 bridgehead atoms. The number of nitrogens with one attached hydrogen (secondary N) is 2. The van der Waals surface area contributed by atoms with Gasteiger partial charge in [0.2, 0.25) is 5.91 Å². The largest absolute Gasteiger partial charge is 0.466 e. The van der Waals surface area contributed by atoms with E-state index >= 15 is 0 Å². The molecule has 0 unspecified atom stereocenters. The molecule has 0 atom stereocenters. The Morgan fingerprint density at radius 3 is 2.61 bits per heavy atom. The summed E-state index contributed by atoms with van der Waals surface area (Å²) in [5.74, 6) is -2.52. The fourth-order valence-electron chi connectivity index (χ4n) is 2.13. The number of aryl methyl sites for hydroxylation is 1. The topological polar surface area (TPSA) is 93.2 Å². The summed E-state index contributed by atoms with van der Waals surface area (Å²) in [4.78, 5) is 30.8. The average Bonchev–Trinajstić information content (AvgIpc) is 2.59. The highest BCUT2D eigenvalue weighted by molar-refractivity contribution is 5.96. The van der Waals surface area contributed by atoms with Crippen molar-refractivity contribution >= 4 is 17.6 Å². The number of alkyl halides is 3. The van der Waals surface area contributed by atoms with Gasteiger partial charge in [-0.25, -0.2) is 14.4 Å². The van der Waals surface area contributed by atoms with E-state index in [1.165, 1.54) is 32.2 Å². The summed E-state index contributed by atoms with van der Waals surface area (Å²) in [5.41, 5.74) is 0.670. The fraction of sp³-hybridized carbons (Fsp3) is 0.294. The van der Waals surface area contributed by atoms with Crippen LogP contribution in [0.4, 0.5) is 23.4 Å². The summed E-state index contributed by atoms with van der Waals surface area (Å²) in [6.07, 6.45) is -3.28. The van der Waals surface area contributed by atoms with E-state index in [-0.39, 0.29) is 35.1 Å². The molecule has 0 aliphatic carbocycles. The molecule has 150 valence electrons.